The summed E-state index contributed by atoms with van der Waals surface area (Å²) in [6.07, 6.45) is 1.00. The highest BCUT2D eigenvalue weighted by atomic mass is 79.9. The summed E-state index contributed by atoms with van der Waals surface area (Å²) >= 11 is 5.36. The van der Waals surface area contributed by atoms with Crippen LogP contribution in [0.15, 0.2) is 34.1 Å². The molecule has 1 N–H and O–H groups in total. The Labute approximate surface area is 119 Å². The lowest BCUT2D eigenvalue weighted by molar-refractivity contribution is 0.351. The van der Waals surface area contributed by atoms with Crippen molar-refractivity contribution in [1.82, 2.24) is 5.32 Å². The molecule has 1 aliphatic heterocycles. The number of rotatable bonds is 3. The van der Waals surface area contributed by atoms with Gasteiger partial charge in [-0.2, -0.15) is 0 Å². The maximum Gasteiger partial charge on any atom is 0.127 e. The van der Waals surface area contributed by atoms with Crippen molar-refractivity contribution in [2.45, 2.75) is 12.5 Å². The largest absolute Gasteiger partial charge is 0.493 e. The molecule has 4 heteroatoms. The zero-order chi connectivity index (χ0) is 12.5. The van der Waals surface area contributed by atoms with Crippen LogP contribution in [-0.2, 0) is 6.42 Å². The first-order valence-electron chi connectivity index (χ1n) is 5.95. The summed E-state index contributed by atoms with van der Waals surface area (Å²) in [6.45, 7) is 0.791. The Morgan fingerprint density at radius 1 is 1.44 bits per heavy atom. The Balaban J connectivity index is 2.10. The zero-order valence-electron chi connectivity index (χ0n) is 10.1. The van der Waals surface area contributed by atoms with Crippen molar-refractivity contribution in [3.8, 4) is 5.75 Å². The van der Waals surface area contributed by atoms with Gasteiger partial charge in [0, 0.05) is 21.3 Å². The fourth-order valence-corrected chi connectivity index (χ4v) is 3.79. The highest BCUT2D eigenvalue weighted by Crippen LogP contribution is 2.39. The first-order chi connectivity index (χ1) is 8.79. The Kier molecular flexibility index (Phi) is 3.41. The van der Waals surface area contributed by atoms with Crippen molar-refractivity contribution in [2.75, 3.05) is 13.7 Å². The van der Waals surface area contributed by atoms with Crippen LogP contribution in [0.25, 0.3) is 0 Å². The van der Waals surface area contributed by atoms with E-state index in [2.05, 4.69) is 50.9 Å². The summed E-state index contributed by atoms with van der Waals surface area (Å²) < 4.78 is 6.93. The van der Waals surface area contributed by atoms with E-state index in [0.717, 1.165) is 23.2 Å². The predicted molar refractivity (Wildman–Crippen MR) is 78.6 cm³/mol. The Morgan fingerprint density at radius 2 is 2.33 bits per heavy atom. The number of benzene rings is 1. The first kappa shape index (κ1) is 12.2. The second-order valence-corrected chi connectivity index (χ2v) is 6.21. The van der Waals surface area contributed by atoms with Gasteiger partial charge in [-0.25, -0.2) is 0 Å². The number of fused-ring (bicyclic) bond motifs is 1. The molecule has 1 atom stereocenters. The second kappa shape index (κ2) is 5.03. The fraction of sp³-hybridized carbons (Fsp3) is 0.286. The molecule has 0 saturated carbocycles. The molecule has 1 aromatic heterocycles. The average Bonchev–Trinajstić information content (AvgIpc) is 2.99. The summed E-state index contributed by atoms with van der Waals surface area (Å²) in [4.78, 5) is 1.31. The number of nitrogens with one attached hydrogen (secondary N) is 1. The minimum Gasteiger partial charge on any atom is -0.493 e. The highest BCUT2D eigenvalue weighted by molar-refractivity contribution is 9.10. The molecule has 0 radical (unpaired) electrons. The zero-order valence-corrected chi connectivity index (χ0v) is 12.5. The van der Waals surface area contributed by atoms with Gasteiger partial charge in [-0.05, 0) is 36.2 Å². The maximum absolute atomic E-state index is 5.81. The molecule has 2 aromatic rings. The molecular formula is C14H14BrNOS. The van der Waals surface area contributed by atoms with Gasteiger partial charge < -0.3 is 10.1 Å². The topological polar surface area (TPSA) is 21.3 Å². The lowest BCUT2D eigenvalue weighted by Gasteiger charge is -2.18. The quantitative estimate of drug-likeness (QED) is 0.928. The van der Waals surface area contributed by atoms with E-state index in [1.165, 1.54) is 16.0 Å². The van der Waals surface area contributed by atoms with E-state index < -0.39 is 0 Å². The molecule has 94 valence electrons. The van der Waals surface area contributed by atoms with Crippen LogP contribution in [0.2, 0.25) is 0 Å². The number of ether oxygens (including phenoxy) is 1. The van der Waals surface area contributed by atoms with Gasteiger partial charge in [-0.15, -0.1) is 11.3 Å². The molecule has 1 aromatic carbocycles. The van der Waals surface area contributed by atoms with Crippen molar-refractivity contribution in [3.63, 3.8) is 0 Å². The van der Waals surface area contributed by atoms with Crippen LogP contribution in [0.4, 0.5) is 0 Å². The van der Waals surface area contributed by atoms with E-state index in [0.29, 0.717) is 0 Å². The molecule has 1 unspecified atom stereocenters. The Bertz CT molecular complexity index is 553. The van der Waals surface area contributed by atoms with Gasteiger partial charge in [-0.3, -0.25) is 0 Å². The van der Waals surface area contributed by atoms with Gasteiger partial charge in [0.1, 0.15) is 5.75 Å². The summed E-state index contributed by atoms with van der Waals surface area (Å²) in [7, 11) is 1.99. The molecule has 1 aliphatic rings. The lowest BCUT2D eigenvalue weighted by atomic mass is 10.0. The molecule has 0 aliphatic carbocycles. The van der Waals surface area contributed by atoms with Gasteiger partial charge in [0.25, 0.3) is 0 Å². The van der Waals surface area contributed by atoms with E-state index in [9.17, 15) is 0 Å². The van der Waals surface area contributed by atoms with Crippen molar-refractivity contribution in [2.24, 2.45) is 0 Å². The van der Waals surface area contributed by atoms with Gasteiger partial charge in [0.15, 0.2) is 0 Å². The van der Waals surface area contributed by atoms with Gasteiger partial charge in [-0.1, -0.05) is 22.0 Å². The van der Waals surface area contributed by atoms with E-state index in [1.807, 2.05) is 7.05 Å². The van der Waals surface area contributed by atoms with Crippen LogP contribution in [0.5, 0.6) is 5.75 Å². The molecule has 0 bridgehead atoms. The van der Waals surface area contributed by atoms with Crippen LogP contribution >= 0.6 is 27.3 Å². The van der Waals surface area contributed by atoms with Crippen LogP contribution in [0.3, 0.4) is 0 Å². The number of hydrogen-bond acceptors (Lipinski definition) is 3. The van der Waals surface area contributed by atoms with Crippen LogP contribution in [0, 0.1) is 0 Å². The van der Waals surface area contributed by atoms with Crippen LogP contribution in [0.1, 0.15) is 22.0 Å². The van der Waals surface area contributed by atoms with E-state index in [1.54, 1.807) is 11.3 Å². The molecule has 0 saturated heterocycles. The van der Waals surface area contributed by atoms with Crippen LogP contribution < -0.4 is 10.1 Å². The Hall–Kier alpha value is -0.840. The number of thiophene rings is 1. The predicted octanol–water partition coefficient (Wildman–Crippen LogP) is 3.75. The fourth-order valence-electron chi connectivity index (χ4n) is 2.42. The van der Waals surface area contributed by atoms with Gasteiger partial charge >= 0.3 is 0 Å². The van der Waals surface area contributed by atoms with Crippen molar-refractivity contribution >= 4 is 27.3 Å². The summed E-state index contributed by atoms with van der Waals surface area (Å²) in [6, 6.07) is 8.77. The standard InChI is InChI=1S/C14H14BrNOS/c1-16-13(12-3-2-6-18-12)11-8-10(15)7-9-4-5-17-14(9)11/h2-3,6-8,13,16H,4-5H2,1H3. The highest BCUT2D eigenvalue weighted by Gasteiger charge is 2.23. The molecule has 0 amide bonds. The Morgan fingerprint density at radius 3 is 3.06 bits per heavy atom. The SMILES string of the molecule is CNC(c1cccs1)c1cc(Br)cc2c1OCC2. The smallest absolute Gasteiger partial charge is 0.127 e. The molecule has 3 rings (SSSR count). The lowest BCUT2D eigenvalue weighted by Crippen LogP contribution is -2.17. The molecule has 0 fully saturated rings. The van der Waals surface area contributed by atoms with Crippen molar-refractivity contribution in [3.05, 3.63) is 50.1 Å². The minimum absolute atomic E-state index is 0.203. The summed E-state index contributed by atoms with van der Waals surface area (Å²) in [5, 5.41) is 5.50. The normalized spacial score (nSPS) is 15.2. The summed E-state index contributed by atoms with van der Waals surface area (Å²) in [5.41, 5.74) is 2.53. The maximum atomic E-state index is 5.81. The first-order valence-corrected chi connectivity index (χ1v) is 7.62. The van der Waals surface area contributed by atoms with E-state index in [4.69, 9.17) is 4.74 Å². The molecule has 18 heavy (non-hydrogen) atoms. The van der Waals surface area contributed by atoms with Crippen molar-refractivity contribution < 1.29 is 4.74 Å². The third-order valence-electron chi connectivity index (χ3n) is 3.20. The molecular weight excluding hydrogens is 310 g/mol. The van der Waals surface area contributed by atoms with Gasteiger partial charge in [0.05, 0.1) is 12.6 Å². The number of hydrogen-bond donors (Lipinski definition) is 1. The monoisotopic (exact) mass is 323 g/mol. The van der Waals surface area contributed by atoms with E-state index in [-0.39, 0.29) is 6.04 Å². The third-order valence-corrected chi connectivity index (χ3v) is 4.60. The second-order valence-electron chi connectivity index (χ2n) is 4.32. The minimum atomic E-state index is 0.203. The summed E-state index contributed by atoms with van der Waals surface area (Å²) in [5.74, 6) is 1.06. The molecule has 2 heterocycles. The molecule has 2 nitrogen and oxygen atoms in total. The average molecular weight is 324 g/mol. The van der Waals surface area contributed by atoms with Crippen molar-refractivity contribution in [1.29, 1.82) is 0 Å². The van der Waals surface area contributed by atoms with Gasteiger partial charge in [0.2, 0.25) is 0 Å². The molecule has 0 spiro atoms. The van der Waals surface area contributed by atoms with Crippen LogP contribution in [-0.4, -0.2) is 13.7 Å². The number of halogens is 1. The van der Waals surface area contributed by atoms with E-state index >= 15 is 0 Å². The third kappa shape index (κ3) is 2.09.